The van der Waals surface area contributed by atoms with E-state index in [0.717, 1.165) is 5.76 Å². The molecule has 0 amide bonds. The molecule has 0 saturated carbocycles. The molecular weight excluding hydrogens is 264 g/mol. The average Bonchev–Trinajstić information content (AvgIpc) is 2.81. The Labute approximate surface area is 112 Å². The fourth-order valence-electron chi connectivity index (χ4n) is 1.88. The molecule has 1 aromatic carbocycles. The number of furan rings is 1. The third-order valence-corrected chi connectivity index (χ3v) is 3.65. The first-order valence-electron chi connectivity index (χ1n) is 5.87. The van der Waals surface area contributed by atoms with Gasteiger partial charge in [0, 0.05) is 12.5 Å². The second-order valence-corrected chi connectivity index (χ2v) is 5.90. The lowest BCUT2D eigenvalue weighted by molar-refractivity contribution is 0.497. The number of nitrogens with one attached hydrogen (secondary N) is 1. The van der Waals surface area contributed by atoms with Crippen molar-refractivity contribution in [3.05, 3.63) is 48.4 Å². The number of benzene rings is 1. The highest BCUT2D eigenvalue weighted by Crippen LogP contribution is 2.20. The molecule has 102 valence electrons. The molecule has 0 aliphatic carbocycles. The molecule has 0 aliphatic heterocycles. The van der Waals surface area contributed by atoms with Crippen molar-refractivity contribution in [2.45, 2.75) is 24.3 Å². The molecule has 6 heteroatoms. The Balaban J connectivity index is 2.15. The lowest BCUT2D eigenvalue weighted by atomic mass is 10.2. The normalized spacial score (nSPS) is 13.2. The van der Waals surface area contributed by atoms with E-state index in [0.29, 0.717) is 12.1 Å². The van der Waals surface area contributed by atoms with E-state index in [2.05, 4.69) is 5.32 Å². The number of hydrogen-bond acceptors (Lipinski definition) is 4. The maximum atomic E-state index is 11.5. The van der Waals surface area contributed by atoms with Crippen molar-refractivity contribution in [3.63, 3.8) is 0 Å². The molecule has 3 N–H and O–H groups in total. The Morgan fingerprint density at radius 1 is 1.26 bits per heavy atom. The van der Waals surface area contributed by atoms with Crippen LogP contribution in [0.15, 0.2) is 52.0 Å². The van der Waals surface area contributed by atoms with E-state index in [-0.39, 0.29) is 10.9 Å². The number of rotatable bonds is 5. The van der Waals surface area contributed by atoms with Gasteiger partial charge in [-0.1, -0.05) is 12.1 Å². The lowest BCUT2D eigenvalue weighted by Crippen LogP contribution is -2.21. The highest BCUT2D eigenvalue weighted by molar-refractivity contribution is 7.89. The second kappa shape index (κ2) is 5.46. The summed E-state index contributed by atoms with van der Waals surface area (Å²) in [6.45, 7) is 1.95. The molecule has 5 nitrogen and oxygen atoms in total. The summed E-state index contributed by atoms with van der Waals surface area (Å²) < 4.78 is 28.2. The van der Waals surface area contributed by atoms with Crippen molar-refractivity contribution in [2.75, 3.05) is 5.32 Å². The Morgan fingerprint density at radius 2 is 2.00 bits per heavy atom. The van der Waals surface area contributed by atoms with Gasteiger partial charge in [-0.25, -0.2) is 13.6 Å². The fourth-order valence-corrected chi connectivity index (χ4v) is 2.58. The van der Waals surface area contributed by atoms with Gasteiger partial charge in [0.2, 0.25) is 10.0 Å². The quantitative estimate of drug-likeness (QED) is 0.876. The SMILES string of the molecule is CC(Cc1ccco1)Nc1ccccc1S(N)(=O)=O. The van der Waals surface area contributed by atoms with Crippen molar-refractivity contribution in [3.8, 4) is 0 Å². The van der Waals surface area contributed by atoms with Gasteiger partial charge in [-0.05, 0) is 31.2 Å². The van der Waals surface area contributed by atoms with Crippen LogP contribution in [0.25, 0.3) is 0 Å². The van der Waals surface area contributed by atoms with E-state index in [4.69, 9.17) is 9.56 Å². The first-order chi connectivity index (χ1) is 8.97. The van der Waals surface area contributed by atoms with Gasteiger partial charge >= 0.3 is 0 Å². The molecule has 0 aliphatic rings. The van der Waals surface area contributed by atoms with E-state index in [1.165, 1.54) is 6.07 Å². The molecule has 0 radical (unpaired) electrons. The highest BCUT2D eigenvalue weighted by atomic mass is 32.2. The van der Waals surface area contributed by atoms with E-state index in [1.54, 1.807) is 24.5 Å². The smallest absolute Gasteiger partial charge is 0.240 e. The third-order valence-electron chi connectivity index (χ3n) is 2.68. The summed E-state index contributed by atoms with van der Waals surface area (Å²) in [6.07, 6.45) is 2.27. The molecule has 0 bridgehead atoms. The van der Waals surface area contributed by atoms with Crippen molar-refractivity contribution in [2.24, 2.45) is 5.14 Å². The zero-order chi connectivity index (χ0) is 13.9. The van der Waals surface area contributed by atoms with Gasteiger partial charge in [-0.15, -0.1) is 0 Å². The van der Waals surface area contributed by atoms with Crippen LogP contribution in [-0.2, 0) is 16.4 Å². The van der Waals surface area contributed by atoms with Crippen LogP contribution in [0.4, 0.5) is 5.69 Å². The minimum Gasteiger partial charge on any atom is -0.469 e. The van der Waals surface area contributed by atoms with Gasteiger partial charge in [-0.3, -0.25) is 0 Å². The first-order valence-corrected chi connectivity index (χ1v) is 7.42. The Morgan fingerprint density at radius 3 is 2.63 bits per heavy atom. The third kappa shape index (κ3) is 3.59. The summed E-state index contributed by atoms with van der Waals surface area (Å²) in [5.41, 5.74) is 0.504. The zero-order valence-electron chi connectivity index (χ0n) is 10.5. The van der Waals surface area contributed by atoms with Gasteiger partial charge in [0.15, 0.2) is 0 Å². The van der Waals surface area contributed by atoms with Crippen LogP contribution in [0.2, 0.25) is 0 Å². The van der Waals surface area contributed by atoms with Gasteiger partial charge in [-0.2, -0.15) is 0 Å². The van der Waals surface area contributed by atoms with E-state index >= 15 is 0 Å². The van der Waals surface area contributed by atoms with Gasteiger partial charge in [0.05, 0.1) is 12.0 Å². The highest BCUT2D eigenvalue weighted by Gasteiger charge is 2.15. The number of anilines is 1. The summed E-state index contributed by atoms with van der Waals surface area (Å²) in [7, 11) is -3.73. The fraction of sp³-hybridized carbons (Fsp3) is 0.231. The molecule has 1 unspecified atom stereocenters. The van der Waals surface area contributed by atoms with Crippen LogP contribution in [0, 0.1) is 0 Å². The van der Waals surface area contributed by atoms with Crippen LogP contribution in [0.5, 0.6) is 0 Å². The number of sulfonamides is 1. The molecule has 19 heavy (non-hydrogen) atoms. The van der Waals surface area contributed by atoms with E-state index in [1.807, 2.05) is 19.1 Å². The van der Waals surface area contributed by atoms with Crippen molar-refractivity contribution >= 4 is 15.7 Å². The standard InChI is InChI=1S/C13H16N2O3S/c1-10(9-11-5-4-8-18-11)15-12-6-2-3-7-13(12)19(14,16)17/h2-8,10,15H,9H2,1H3,(H2,14,16,17). The van der Waals surface area contributed by atoms with Crippen LogP contribution in [0.1, 0.15) is 12.7 Å². The summed E-state index contributed by atoms with van der Waals surface area (Å²) in [4.78, 5) is 0.0984. The molecule has 1 heterocycles. The van der Waals surface area contributed by atoms with Gasteiger partial charge < -0.3 is 9.73 Å². The molecule has 1 aromatic heterocycles. The number of nitrogens with two attached hydrogens (primary N) is 1. The molecular formula is C13H16N2O3S. The van der Waals surface area contributed by atoms with Crippen molar-refractivity contribution < 1.29 is 12.8 Å². The van der Waals surface area contributed by atoms with Gasteiger partial charge in [0.25, 0.3) is 0 Å². The summed E-state index contributed by atoms with van der Waals surface area (Å²) in [6, 6.07) is 10.3. The van der Waals surface area contributed by atoms with E-state index < -0.39 is 10.0 Å². The predicted octanol–water partition coefficient (Wildman–Crippen LogP) is 1.97. The predicted molar refractivity (Wildman–Crippen MR) is 73.3 cm³/mol. The number of primary sulfonamides is 1. The minimum absolute atomic E-state index is 0.0223. The molecule has 0 saturated heterocycles. The second-order valence-electron chi connectivity index (χ2n) is 4.37. The molecule has 0 spiro atoms. The average molecular weight is 280 g/mol. The molecule has 2 rings (SSSR count). The van der Waals surface area contributed by atoms with Gasteiger partial charge in [0.1, 0.15) is 10.7 Å². The van der Waals surface area contributed by atoms with Crippen LogP contribution >= 0.6 is 0 Å². The maximum Gasteiger partial charge on any atom is 0.240 e. The molecule has 2 aromatic rings. The summed E-state index contributed by atoms with van der Waals surface area (Å²) >= 11 is 0. The Kier molecular flexibility index (Phi) is 3.92. The van der Waals surface area contributed by atoms with Crippen LogP contribution in [0.3, 0.4) is 0 Å². The Bertz CT molecular complexity index is 636. The molecule has 0 fully saturated rings. The zero-order valence-corrected chi connectivity index (χ0v) is 11.4. The van der Waals surface area contributed by atoms with Crippen LogP contribution in [-0.4, -0.2) is 14.5 Å². The lowest BCUT2D eigenvalue weighted by Gasteiger charge is -2.16. The maximum absolute atomic E-state index is 11.5. The van der Waals surface area contributed by atoms with Crippen molar-refractivity contribution in [1.29, 1.82) is 0 Å². The number of para-hydroxylation sites is 1. The number of hydrogen-bond donors (Lipinski definition) is 2. The van der Waals surface area contributed by atoms with Crippen LogP contribution < -0.4 is 10.5 Å². The molecule has 1 atom stereocenters. The summed E-state index contributed by atoms with van der Waals surface area (Å²) in [5.74, 6) is 0.841. The largest absolute Gasteiger partial charge is 0.469 e. The minimum atomic E-state index is -3.73. The topological polar surface area (TPSA) is 85.3 Å². The Hall–Kier alpha value is -1.79. The van der Waals surface area contributed by atoms with Crippen molar-refractivity contribution in [1.82, 2.24) is 0 Å². The van der Waals surface area contributed by atoms with E-state index in [9.17, 15) is 8.42 Å². The summed E-state index contributed by atoms with van der Waals surface area (Å²) in [5, 5.41) is 8.32. The monoisotopic (exact) mass is 280 g/mol. The first kappa shape index (κ1) is 13.6.